The van der Waals surface area contributed by atoms with E-state index >= 15 is 0 Å². The number of fused-ring (bicyclic) bond motifs is 1. The number of hydrogen-bond donors (Lipinski definition) is 2. The number of aryl methyl sites for hydroxylation is 1. The first-order valence-electron chi connectivity index (χ1n) is 14.1. The third-order valence-electron chi connectivity index (χ3n) is 10.3. The molecule has 1 aromatic heterocycles. The third-order valence-corrected chi connectivity index (χ3v) is 11.3. The fraction of sp³-hybridized carbons (Fsp3) is 0.516. The van der Waals surface area contributed by atoms with Gasteiger partial charge in [-0.1, -0.05) is 12.1 Å². The Balaban J connectivity index is 0.00000253. The van der Waals surface area contributed by atoms with Crippen molar-refractivity contribution in [2.45, 2.75) is 81.6 Å². The highest BCUT2D eigenvalue weighted by molar-refractivity contribution is 7.19. The molecule has 206 valence electrons. The summed E-state index contributed by atoms with van der Waals surface area (Å²) >= 11 is 1.74. The number of piperidine rings is 1. The number of aromatic hydroxyl groups is 1. The average Bonchev–Trinajstić information content (AvgIpc) is 3.49. The van der Waals surface area contributed by atoms with E-state index in [1.165, 1.54) is 28.0 Å². The molecular weight excluding hydrogens is 532 g/mol. The number of hydrogen-bond acceptors (Lipinski definition) is 6. The molecule has 2 bridgehead atoms. The van der Waals surface area contributed by atoms with Crippen LogP contribution in [0.5, 0.6) is 11.5 Å². The number of thiophene rings is 1. The lowest BCUT2D eigenvalue weighted by molar-refractivity contribution is -0.190. The number of phenolic OH excluding ortho intramolecular Hbond substituents is 1. The number of benzene rings is 2. The second-order valence-corrected chi connectivity index (χ2v) is 13.6. The topological polar surface area (TPSA) is 73.2 Å². The third kappa shape index (κ3) is 3.30. The standard InChI is InChI=1S/C31H34N2O4S.ClH/c1-17-14-21-22(4-3-5-25(21)38-17)33(18(2)34)23-10-11-31(36)26-15-20-8-9-24(35)28-27(20)30(31,29(23)37-28)12-13-32(26)16-19-6-7-19;/h3-5,8-9,14,19,23,26,29,35-36H,6-7,10-13,15-16H2,1-2H3;1H/t23-,26-,29+,30+,31-;/m1./s1. The van der Waals surface area contributed by atoms with E-state index < -0.39 is 17.1 Å². The van der Waals surface area contributed by atoms with E-state index in [0.29, 0.717) is 18.6 Å². The summed E-state index contributed by atoms with van der Waals surface area (Å²) in [6.45, 7) is 5.70. The molecule has 39 heavy (non-hydrogen) atoms. The number of nitrogens with zero attached hydrogens (tertiary/aromatic N) is 2. The van der Waals surface area contributed by atoms with Crippen molar-refractivity contribution in [3.8, 4) is 11.5 Å². The molecule has 2 saturated carbocycles. The predicted molar refractivity (Wildman–Crippen MR) is 156 cm³/mol. The zero-order valence-electron chi connectivity index (χ0n) is 22.4. The van der Waals surface area contributed by atoms with Crippen LogP contribution in [0.2, 0.25) is 0 Å². The fourth-order valence-electron chi connectivity index (χ4n) is 8.68. The van der Waals surface area contributed by atoms with Crippen LogP contribution < -0.4 is 9.64 Å². The zero-order valence-corrected chi connectivity index (χ0v) is 24.0. The number of carbonyl (C=O) groups excluding carboxylic acids is 1. The molecular formula is C31H35ClN2O4S. The monoisotopic (exact) mass is 566 g/mol. The molecule has 8 rings (SSSR count). The average molecular weight is 567 g/mol. The van der Waals surface area contributed by atoms with Crippen LogP contribution in [0.1, 0.15) is 55.0 Å². The first-order chi connectivity index (χ1) is 18.3. The maximum atomic E-state index is 13.5. The molecule has 6 nitrogen and oxygen atoms in total. The molecule has 0 radical (unpaired) electrons. The van der Waals surface area contributed by atoms with E-state index in [-0.39, 0.29) is 36.1 Å². The molecule has 3 fully saturated rings. The molecule has 2 N–H and O–H groups in total. The Morgan fingerprint density at radius 3 is 2.79 bits per heavy atom. The lowest BCUT2D eigenvalue weighted by atomic mass is 9.48. The number of carbonyl (C=O) groups is 1. The van der Waals surface area contributed by atoms with Gasteiger partial charge in [0.05, 0.1) is 22.7 Å². The smallest absolute Gasteiger partial charge is 0.224 e. The number of halogens is 1. The molecule has 2 aliphatic heterocycles. The second kappa shape index (κ2) is 8.59. The van der Waals surface area contributed by atoms with Crippen LogP contribution in [0, 0.1) is 12.8 Å². The Labute approximate surface area is 239 Å². The Kier molecular flexibility index (Phi) is 5.65. The van der Waals surface area contributed by atoms with E-state index in [9.17, 15) is 15.0 Å². The molecule has 1 saturated heterocycles. The highest BCUT2D eigenvalue weighted by atomic mass is 35.5. The Morgan fingerprint density at radius 2 is 2.03 bits per heavy atom. The zero-order chi connectivity index (χ0) is 26.0. The Morgan fingerprint density at radius 1 is 1.21 bits per heavy atom. The van der Waals surface area contributed by atoms with Gasteiger partial charge in [0, 0.05) is 40.0 Å². The van der Waals surface area contributed by atoms with E-state index in [1.54, 1.807) is 24.3 Å². The van der Waals surface area contributed by atoms with Gasteiger partial charge >= 0.3 is 0 Å². The summed E-state index contributed by atoms with van der Waals surface area (Å²) in [7, 11) is 0. The van der Waals surface area contributed by atoms with Crippen molar-refractivity contribution in [1.29, 1.82) is 0 Å². The van der Waals surface area contributed by atoms with Gasteiger partial charge in [0.15, 0.2) is 11.5 Å². The van der Waals surface area contributed by atoms with E-state index in [2.05, 4.69) is 24.0 Å². The van der Waals surface area contributed by atoms with Gasteiger partial charge in [-0.2, -0.15) is 0 Å². The number of aliphatic hydroxyl groups is 1. The number of anilines is 1. The van der Waals surface area contributed by atoms with Crippen LogP contribution >= 0.6 is 23.7 Å². The van der Waals surface area contributed by atoms with Crippen molar-refractivity contribution in [3.63, 3.8) is 0 Å². The van der Waals surface area contributed by atoms with Crippen molar-refractivity contribution in [2.24, 2.45) is 5.92 Å². The van der Waals surface area contributed by atoms with Crippen LogP contribution in [0.4, 0.5) is 5.69 Å². The van der Waals surface area contributed by atoms with Crippen LogP contribution in [0.3, 0.4) is 0 Å². The second-order valence-electron chi connectivity index (χ2n) is 12.3. The van der Waals surface area contributed by atoms with Gasteiger partial charge in [-0.25, -0.2) is 0 Å². The molecule has 1 amide bonds. The van der Waals surface area contributed by atoms with Gasteiger partial charge in [-0.15, -0.1) is 23.7 Å². The van der Waals surface area contributed by atoms with Gasteiger partial charge in [0.25, 0.3) is 0 Å². The Hall–Kier alpha value is -2.32. The predicted octanol–water partition coefficient (Wildman–Crippen LogP) is 5.32. The van der Waals surface area contributed by atoms with Crippen molar-refractivity contribution in [1.82, 2.24) is 4.90 Å². The number of phenols is 1. The minimum Gasteiger partial charge on any atom is -0.504 e. The van der Waals surface area contributed by atoms with Crippen LogP contribution in [0.15, 0.2) is 36.4 Å². The van der Waals surface area contributed by atoms with Crippen molar-refractivity contribution >= 4 is 45.4 Å². The van der Waals surface area contributed by atoms with Crippen molar-refractivity contribution in [3.05, 3.63) is 52.4 Å². The van der Waals surface area contributed by atoms with Gasteiger partial charge in [-0.3, -0.25) is 9.69 Å². The quantitative estimate of drug-likeness (QED) is 0.447. The summed E-state index contributed by atoms with van der Waals surface area (Å²) in [5.74, 6) is 1.40. The fourth-order valence-corrected chi connectivity index (χ4v) is 9.63. The molecule has 5 atom stereocenters. The highest BCUT2D eigenvalue weighted by Gasteiger charge is 2.73. The SMILES string of the molecule is CC(=O)N(c1cccc2sc(C)cc12)[C@@H]1CC[C@@]2(O)[C@H]3Cc4ccc(O)c5c4[C@@]2(CCN3CC2CC2)[C@H]1O5.Cl. The van der Waals surface area contributed by atoms with E-state index in [4.69, 9.17) is 4.74 Å². The van der Waals surface area contributed by atoms with Gasteiger partial charge in [0.2, 0.25) is 5.91 Å². The molecule has 3 heterocycles. The van der Waals surface area contributed by atoms with Gasteiger partial charge in [0.1, 0.15) is 6.10 Å². The lowest BCUT2D eigenvalue weighted by Gasteiger charge is -2.64. The van der Waals surface area contributed by atoms with Crippen molar-refractivity contribution in [2.75, 3.05) is 18.0 Å². The summed E-state index contributed by atoms with van der Waals surface area (Å²) in [5, 5.41) is 24.8. The van der Waals surface area contributed by atoms with E-state index in [1.807, 2.05) is 23.1 Å². The van der Waals surface area contributed by atoms with Gasteiger partial charge < -0.3 is 19.8 Å². The van der Waals surface area contributed by atoms with Crippen LogP contribution in [-0.4, -0.2) is 57.9 Å². The minimum atomic E-state index is -0.958. The largest absolute Gasteiger partial charge is 0.504 e. The summed E-state index contributed by atoms with van der Waals surface area (Å²) < 4.78 is 7.93. The number of likely N-dealkylation sites (tertiary alicyclic amines) is 1. The normalized spacial score (nSPS) is 32.3. The van der Waals surface area contributed by atoms with Crippen LogP contribution in [0.25, 0.3) is 10.1 Å². The summed E-state index contributed by atoms with van der Waals surface area (Å²) in [5.41, 5.74) is 1.50. The lowest BCUT2D eigenvalue weighted by Crippen LogP contribution is -2.78. The minimum absolute atomic E-state index is 0. The first kappa shape index (κ1) is 25.6. The first-order valence-corrected chi connectivity index (χ1v) is 14.9. The molecule has 1 spiro atoms. The molecule has 3 aromatic rings. The van der Waals surface area contributed by atoms with E-state index in [0.717, 1.165) is 48.5 Å². The molecule has 5 aliphatic rings. The highest BCUT2D eigenvalue weighted by Crippen LogP contribution is 2.66. The van der Waals surface area contributed by atoms with Gasteiger partial charge in [-0.05, 0) is 87.7 Å². The van der Waals surface area contributed by atoms with Crippen LogP contribution in [-0.2, 0) is 16.6 Å². The molecule has 0 unspecified atom stereocenters. The summed E-state index contributed by atoms with van der Waals surface area (Å²) in [6, 6.07) is 11.9. The maximum absolute atomic E-state index is 13.5. The molecule has 2 aromatic carbocycles. The number of ether oxygens (including phenoxy) is 1. The maximum Gasteiger partial charge on any atom is 0.224 e. The molecule has 3 aliphatic carbocycles. The summed E-state index contributed by atoms with van der Waals surface area (Å²) in [6.07, 6.45) is 4.96. The van der Waals surface area contributed by atoms with Crippen molar-refractivity contribution < 1.29 is 19.7 Å². The number of amides is 1. The number of rotatable bonds is 4. The molecule has 8 heteroatoms. The Bertz CT molecular complexity index is 1500. The summed E-state index contributed by atoms with van der Waals surface area (Å²) in [4.78, 5) is 19.2.